The highest BCUT2D eigenvalue weighted by atomic mass is 14.1. The quantitative estimate of drug-likeness (QED) is 0.528. The van der Waals surface area contributed by atoms with E-state index in [1.807, 2.05) is 6.08 Å². The summed E-state index contributed by atoms with van der Waals surface area (Å²) < 4.78 is 0. The molecule has 0 amide bonds. The minimum absolute atomic E-state index is 1.15. The first-order chi connectivity index (χ1) is 9.86. The van der Waals surface area contributed by atoms with Gasteiger partial charge in [-0.2, -0.15) is 0 Å². The van der Waals surface area contributed by atoms with Gasteiger partial charge < -0.3 is 0 Å². The van der Waals surface area contributed by atoms with Crippen molar-refractivity contribution >= 4 is 6.08 Å². The summed E-state index contributed by atoms with van der Waals surface area (Å²) in [5.41, 5.74) is 5.30. The van der Waals surface area contributed by atoms with Gasteiger partial charge in [0.2, 0.25) is 0 Å². The summed E-state index contributed by atoms with van der Waals surface area (Å²) in [5.74, 6) is 0. The molecular formula is C20H24. The Morgan fingerprint density at radius 3 is 2.40 bits per heavy atom. The number of hydrogen-bond acceptors (Lipinski definition) is 0. The fraction of sp³-hybridized carbons (Fsp3) is 0.300. The maximum atomic E-state index is 4.02. The number of hydrogen-bond donors (Lipinski definition) is 0. The van der Waals surface area contributed by atoms with E-state index in [-0.39, 0.29) is 0 Å². The molecule has 0 unspecified atom stereocenters. The third-order valence-corrected chi connectivity index (χ3v) is 3.79. The molecule has 0 N–H and O–H groups in total. The van der Waals surface area contributed by atoms with Gasteiger partial charge in [-0.15, -0.1) is 0 Å². The van der Waals surface area contributed by atoms with Gasteiger partial charge in [0, 0.05) is 0 Å². The number of aryl methyl sites for hydroxylation is 1. The second-order valence-corrected chi connectivity index (χ2v) is 5.26. The van der Waals surface area contributed by atoms with E-state index < -0.39 is 0 Å². The number of rotatable bonds is 7. The van der Waals surface area contributed by atoms with E-state index in [0.29, 0.717) is 0 Å². The van der Waals surface area contributed by atoms with Crippen molar-refractivity contribution in [3.63, 3.8) is 0 Å². The summed E-state index contributed by atoms with van der Waals surface area (Å²) >= 11 is 0. The monoisotopic (exact) mass is 264 g/mol. The van der Waals surface area contributed by atoms with Crippen molar-refractivity contribution in [1.82, 2.24) is 0 Å². The van der Waals surface area contributed by atoms with Crippen LogP contribution in [0.3, 0.4) is 0 Å². The molecule has 0 nitrogen and oxygen atoms in total. The van der Waals surface area contributed by atoms with Gasteiger partial charge in [0.15, 0.2) is 0 Å². The van der Waals surface area contributed by atoms with Gasteiger partial charge in [0.05, 0.1) is 0 Å². The Kier molecular flexibility index (Phi) is 5.61. The average Bonchev–Trinajstić information content (AvgIpc) is 2.52. The summed E-state index contributed by atoms with van der Waals surface area (Å²) in [7, 11) is 0. The van der Waals surface area contributed by atoms with E-state index in [9.17, 15) is 0 Å². The molecule has 2 aromatic rings. The van der Waals surface area contributed by atoms with Gasteiger partial charge in [-0.25, -0.2) is 0 Å². The van der Waals surface area contributed by atoms with Crippen LogP contribution in [0.15, 0.2) is 55.1 Å². The van der Waals surface area contributed by atoms with Crippen LogP contribution in [0.1, 0.15) is 43.7 Å². The van der Waals surface area contributed by atoms with Crippen LogP contribution in [-0.4, -0.2) is 0 Å². The Hall–Kier alpha value is -1.82. The Morgan fingerprint density at radius 1 is 0.900 bits per heavy atom. The molecule has 0 atom stereocenters. The van der Waals surface area contributed by atoms with Crippen molar-refractivity contribution in [1.29, 1.82) is 0 Å². The zero-order valence-corrected chi connectivity index (χ0v) is 12.4. The van der Waals surface area contributed by atoms with Crippen LogP contribution in [0, 0.1) is 0 Å². The molecule has 0 fully saturated rings. The normalized spacial score (nSPS) is 10.4. The molecule has 20 heavy (non-hydrogen) atoms. The first-order valence-electron chi connectivity index (χ1n) is 7.66. The second kappa shape index (κ2) is 7.69. The highest BCUT2D eigenvalue weighted by Crippen LogP contribution is 2.28. The molecule has 0 bridgehead atoms. The predicted octanol–water partition coefficient (Wildman–Crippen LogP) is 6.12. The van der Waals surface area contributed by atoms with Crippen molar-refractivity contribution in [2.45, 2.75) is 39.0 Å². The van der Waals surface area contributed by atoms with Crippen molar-refractivity contribution in [3.05, 3.63) is 66.2 Å². The molecule has 0 saturated carbocycles. The lowest BCUT2D eigenvalue weighted by Crippen LogP contribution is -1.93. The molecule has 2 aromatic carbocycles. The van der Waals surface area contributed by atoms with Crippen molar-refractivity contribution in [2.75, 3.05) is 0 Å². The van der Waals surface area contributed by atoms with E-state index >= 15 is 0 Å². The molecule has 0 spiro atoms. The van der Waals surface area contributed by atoms with Crippen LogP contribution < -0.4 is 0 Å². The summed E-state index contributed by atoms with van der Waals surface area (Å²) in [6.07, 6.45) is 8.38. The average molecular weight is 264 g/mol. The summed E-state index contributed by atoms with van der Waals surface area (Å²) in [6, 6.07) is 17.2. The molecule has 2 rings (SSSR count). The Morgan fingerprint density at radius 2 is 1.70 bits per heavy atom. The largest absolute Gasteiger partial charge is 0.0984 e. The molecule has 0 aliphatic heterocycles. The van der Waals surface area contributed by atoms with E-state index in [1.54, 1.807) is 0 Å². The molecule has 104 valence electrons. The number of unbranched alkanes of at least 4 members (excludes halogenated alkanes) is 3. The molecular weight excluding hydrogens is 240 g/mol. The topological polar surface area (TPSA) is 0 Å². The molecule has 0 aromatic heterocycles. The first-order valence-corrected chi connectivity index (χ1v) is 7.66. The van der Waals surface area contributed by atoms with Gasteiger partial charge in [0.25, 0.3) is 0 Å². The first kappa shape index (κ1) is 14.6. The predicted molar refractivity (Wildman–Crippen MR) is 89.8 cm³/mol. The molecule has 0 saturated heterocycles. The minimum atomic E-state index is 1.15. The third-order valence-electron chi connectivity index (χ3n) is 3.79. The minimum Gasteiger partial charge on any atom is -0.0984 e. The van der Waals surface area contributed by atoms with Crippen LogP contribution in [0.4, 0.5) is 0 Å². The van der Waals surface area contributed by atoms with Crippen LogP contribution in [0.2, 0.25) is 0 Å². The Labute approximate surface area is 123 Å². The molecule has 0 heterocycles. The van der Waals surface area contributed by atoms with E-state index in [2.05, 4.69) is 62.0 Å². The molecule has 0 aliphatic carbocycles. The van der Waals surface area contributed by atoms with Crippen LogP contribution in [0.5, 0.6) is 0 Å². The van der Waals surface area contributed by atoms with Crippen LogP contribution in [0.25, 0.3) is 17.2 Å². The fourth-order valence-electron chi connectivity index (χ4n) is 2.68. The van der Waals surface area contributed by atoms with Crippen LogP contribution in [-0.2, 0) is 6.42 Å². The summed E-state index contributed by atoms with van der Waals surface area (Å²) in [6.45, 7) is 6.28. The van der Waals surface area contributed by atoms with Gasteiger partial charge in [-0.1, -0.05) is 87.4 Å². The van der Waals surface area contributed by atoms with Gasteiger partial charge in [0.1, 0.15) is 0 Å². The fourth-order valence-corrected chi connectivity index (χ4v) is 2.68. The van der Waals surface area contributed by atoms with E-state index in [1.165, 1.54) is 47.9 Å². The standard InChI is InChI=1S/C20H24/c1-3-5-6-8-12-17-15-11-16-20(19(17)4-2)18-13-9-7-10-14-18/h4,7,9-11,13-16H,2-3,5-6,8,12H2,1H3. The lowest BCUT2D eigenvalue weighted by molar-refractivity contribution is 0.666. The molecule has 0 aliphatic rings. The van der Waals surface area contributed by atoms with Gasteiger partial charge in [-0.05, 0) is 35.1 Å². The highest BCUT2D eigenvalue weighted by Gasteiger charge is 2.06. The van der Waals surface area contributed by atoms with Crippen molar-refractivity contribution in [3.8, 4) is 11.1 Å². The van der Waals surface area contributed by atoms with Gasteiger partial charge in [-0.3, -0.25) is 0 Å². The van der Waals surface area contributed by atoms with Crippen LogP contribution >= 0.6 is 0 Å². The Bertz CT molecular complexity index is 537. The lowest BCUT2D eigenvalue weighted by Gasteiger charge is -2.12. The van der Waals surface area contributed by atoms with Crippen molar-refractivity contribution in [2.24, 2.45) is 0 Å². The Balaban J connectivity index is 2.24. The SMILES string of the molecule is C=Cc1c(CCCCCC)cccc1-c1ccccc1. The smallest absolute Gasteiger partial charge is 0.0109 e. The summed E-state index contributed by atoms with van der Waals surface area (Å²) in [5, 5.41) is 0. The second-order valence-electron chi connectivity index (χ2n) is 5.26. The number of benzene rings is 2. The van der Waals surface area contributed by atoms with Gasteiger partial charge >= 0.3 is 0 Å². The van der Waals surface area contributed by atoms with E-state index in [0.717, 1.165) is 6.42 Å². The molecule has 0 radical (unpaired) electrons. The van der Waals surface area contributed by atoms with E-state index in [4.69, 9.17) is 0 Å². The maximum Gasteiger partial charge on any atom is -0.0109 e. The maximum absolute atomic E-state index is 4.02. The molecule has 0 heteroatoms. The lowest BCUT2D eigenvalue weighted by atomic mass is 9.93. The van der Waals surface area contributed by atoms with Crippen molar-refractivity contribution < 1.29 is 0 Å². The third kappa shape index (κ3) is 3.60. The summed E-state index contributed by atoms with van der Waals surface area (Å²) in [4.78, 5) is 0. The zero-order chi connectivity index (χ0) is 14.2. The highest BCUT2D eigenvalue weighted by molar-refractivity contribution is 5.76. The zero-order valence-electron chi connectivity index (χ0n) is 12.4.